The zero-order valence-corrected chi connectivity index (χ0v) is 17.2. The maximum absolute atomic E-state index is 13.2. The van der Waals surface area contributed by atoms with E-state index in [2.05, 4.69) is 5.32 Å². The van der Waals surface area contributed by atoms with Gasteiger partial charge in [0.15, 0.2) is 5.11 Å². The minimum Gasteiger partial charge on any atom is -0.457 e. The summed E-state index contributed by atoms with van der Waals surface area (Å²) in [5.41, 5.74) is 0.801. The molecule has 3 fully saturated rings. The number of carbonyl (C=O) groups is 2. The molecule has 3 atom stereocenters. The molecule has 2 aromatic rings. The van der Waals surface area contributed by atoms with Crippen LogP contribution >= 0.6 is 12.2 Å². The highest BCUT2D eigenvalue weighted by molar-refractivity contribution is 7.80. The van der Waals surface area contributed by atoms with Crippen molar-refractivity contribution in [2.75, 3.05) is 4.90 Å². The fourth-order valence-corrected chi connectivity index (χ4v) is 5.19. The van der Waals surface area contributed by atoms with Crippen LogP contribution in [0.5, 0.6) is 11.5 Å². The Labute approximate surface area is 180 Å². The van der Waals surface area contributed by atoms with Gasteiger partial charge < -0.3 is 4.74 Å². The van der Waals surface area contributed by atoms with Crippen molar-refractivity contribution in [3.05, 3.63) is 66.2 Å². The van der Waals surface area contributed by atoms with Gasteiger partial charge in [-0.15, -0.1) is 0 Å². The topological polar surface area (TPSA) is 58.6 Å². The molecule has 2 aliphatic carbocycles. The van der Waals surface area contributed by atoms with Crippen LogP contribution in [0.15, 0.2) is 66.2 Å². The van der Waals surface area contributed by atoms with Gasteiger partial charge in [0.25, 0.3) is 11.8 Å². The first kappa shape index (κ1) is 19.0. The quantitative estimate of drug-likeness (QED) is 0.448. The van der Waals surface area contributed by atoms with Gasteiger partial charge in [-0.25, -0.2) is 0 Å². The van der Waals surface area contributed by atoms with Gasteiger partial charge >= 0.3 is 0 Å². The Morgan fingerprint density at radius 1 is 0.967 bits per heavy atom. The molecule has 5 nitrogen and oxygen atoms in total. The predicted molar refractivity (Wildman–Crippen MR) is 118 cm³/mol. The maximum atomic E-state index is 13.2. The molecule has 2 saturated carbocycles. The Morgan fingerprint density at radius 2 is 1.70 bits per heavy atom. The monoisotopic (exact) mass is 418 g/mol. The van der Waals surface area contributed by atoms with E-state index in [1.54, 1.807) is 24.3 Å². The molecule has 5 rings (SSSR count). The van der Waals surface area contributed by atoms with Gasteiger partial charge in [0.1, 0.15) is 17.1 Å². The van der Waals surface area contributed by atoms with Crippen molar-refractivity contribution in [1.82, 2.24) is 5.32 Å². The normalized spacial score (nSPS) is 26.9. The standard InChI is InChI=1S/C24H22N2O3S/c27-22-21(14-17-13-15-6-7-16(17)12-15)23(28)26(24(30)25-22)18-8-10-20(11-9-18)29-19-4-2-1-3-5-19/h1-5,8-11,14-17H,6-7,12-13H2,(H,25,27,30)/b21-14+/t15-,16-,17?/m0/s1. The molecule has 1 aliphatic heterocycles. The van der Waals surface area contributed by atoms with Crippen LogP contribution in [-0.2, 0) is 9.59 Å². The number of hydrogen-bond acceptors (Lipinski definition) is 4. The van der Waals surface area contributed by atoms with E-state index in [0.717, 1.165) is 18.1 Å². The van der Waals surface area contributed by atoms with E-state index in [0.29, 0.717) is 23.3 Å². The summed E-state index contributed by atoms with van der Waals surface area (Å²) in [6, 6.07) is 16.6. The third kappa shape index (κ3) is 3.52. The molecule has 1 N–H and O–H groups in total. The molecule has 1 unspecified atom stereocenters. The second-order valence-corrected chi connectivity index (χ2v) is 8.61. The lowest BCUT2D eigenvalue weighted by Crippen LogP contribution is -2.54. The van der Waals surface area contributed by atoms with Crippen molar-refractivity contribution in [3.8, 4) is 11.5 Å². The largest absolute Gasteiger partial charge is 0.457 e. The van der Waals surface area contributed by atoms with Crippen LogP contribution in [0.3, 0.4) is 0 Å². The molecule has 1 heterocycles. The Morgan fingerprint density at radius 3 is 2.37 bits per heavy atom. The summed E-state index contributed by atoms with van der Waals surface area (Å²) in [7, 11) is 0. The number of para-hydroxylation sites is 1. The molecule has 30 heavy (non-hydrogen) atoms. The number of rotatable bonds is 4. The second-order valence-electron chi connectivity index (χ2n) is 8.23. The van der Waals surface area contributed by atoms with Crippen molar-refractivity contribution < 1.29 is 14.3 Å². The summed E-state index contributed by atoms with van der Waals surface area (Å²) < 4.78 is 5.81. The molecule has 3 aliphatic rings. The lowest BCUT2D eigenvalue weighted by Gasteiger charge is -2.30. The van der Waals surface area contributed by atoms with Gasteiger partial charge in [0.05, 0.1) is 5.69 Å². The summed E-state index contributed by atoms with van der Waals surface area (Å²) >= 11 is 5.30. The molecule has 0 radical (unpaired) electrons. The average Bonchev–Trinajstić information content (AvgIpc) is 3.36. The first-order valence-electron chi connectivity index (χ1n) is 10.3. The number of nitrogens with one attached hydrogen (secondary N) is 1. The molecule has 2 bridgehead atoms. The molecule has 2 amide bonds. The van der Waals surface area contributed by atoms with Crippen molar-refractivity contribution in [2.24, 2.45) is 17.8 Å². The number of fused-ring (bicyclic) bond motifs is 2. The van der Waals surface area contributed by atoms with Gasteiger partial charge in [-0.05, 0) is 85.6 Å². The summed E-state index contributed by atoms with van der Waals surface area (Å²) in [5.74, 6) is 2.29. The van der Waals surface area contributed by atoms with Gasteiger partial charge in [-0.3, -0.25) is 19.8 Å². The third-order valence-electron chi connectivity index (χ3n) is 6.35. The number of benzene rings is 2. The van der Waals surface area contributed by atoms with Gasteiger partial charge in [0.2, 0.25) is 0 Å². The Balaban J connectivity index is 1.37. The first-order valence-corrected chi connectivity index (χ1v) is 10.7. The number of hydrogen-bond donors (Lipinski definition) is 1. The van der Waals surface area contributed by atoms with Gasteiger partial charge in [-0.1, -0.05) is 30.7 Å². The molecule has 0 spiro atoms. The molecular formula is C24H22N2O3S. The number of amides is 2. The number of thiocarbonyl (C=S) groups is 1. The van der Waals surface area contributed by atoms with E-state index >= 15 is 0 Å². The Bertz CT molecular complexity index is 1030. The number of carbonyl (C=O) groups excluding carboxylic acids is 2. The van der Waals surface area contributed by atoms with Crippen LogP contribution < -0.4 is 15.0 Å². The van der Waals surface area contributed by atoms with E-state index in [-0.39, 0.29) is 16.6 Å². The molecular weight excluding hydrogens is 396 g/mol. The number of anilines is 1. The number of allylic oxidation sites excluding steroid dienone is 1. The maximum Gasteiger partial charge on any atom is 0.269 e. The fourth-order valence-electron chi connectivity index (χ4n) is 4.91. The zero-order valence-electron chi connectivity index (χ0n) is 16.4. The highest BCUT2D eigenvalue weighted by Crippen LogP contribution is 2.49. The summed E-state index contributed by atoms with van der Waals surface area (Å²) in [6.07, 6.45) is 6.65. The second kappa shape index (κ2) is 7.69. The fraction of sp³-hybridized carbons (Fsp3) is 0.292. The van der Waals surface area contributed by atoms with Crippen LogP contribution in [0.1, 0.15) is 25.7 Å². The minimum absolute atomic E-state index is 0.104. The smallest absolute Gasteiger partial charge is 0.269 e. The Hall–Kier alpha value is -2.99. The van der Waals surface area contributed by atoms with E-state index in [1.807, 2.05) is 36.4 Å². The van der Waals surface area contributed by atoms with E-state index in [9.17, 15) is 9.59 Å². The van der Waals surface area contributed by atoms with Crippen molar-refractivity contribution in [1.29, 1.82) is 0 Å². The van der Waals surface area contributed by atoms with Crippen LogP contribution in [-0.4, -0.2) is 16.9 Å². The van der Waals surface area contributed by atoms with Crippen LogP contribution in [0.2, 0.25) is 0 Å². The van der Waals surface area contributed by atoms with E-state index in [4.69, 9.17) is 17.0 Å². The Kier molecular flexibility index (Phi) is 4.87. The van der Waals surface area contributed by atoms with Crippen LogP contribution in [0.4, 0.5) is 5.69 Å². The van der Waals surface area contributed by atoms with Crippen LogP contribution in [0, 0.1) is 17.8 Å². The average molecular weight is 419 g/mol. The van der Waals surface area contributed by atoms with Crippen molar-refractivity contribution in [3.63, 3.8) is 0 Å². The molecule has 2 aromatic carbocycles. The lowest BCUT2D eigenvalue weighted by atomic mass is 9.87. The molecule has 6 heteroatoms. The predicted octanol–water partition coefficient (Wildman–Crippen LogP) is 4.59. The SMILES string of the molecule is O=C1NC(=S)N(c2ccc(Oc3ccccc3)cc2)C(=O)/C1=C/C1C[C@H]2CC[C@H]1C2. The summed E-state index contributed by atoms with van der Waals surface area (Å²) in [6.45, 7) is 0. The van der Waals surface area contributed by atoms with E-state index in [1.165, 1.54) is 24.2 Å². The van der Waals surface area contributed by atoms with Gasteiger partial charge in [-0.2, -0.15) is 0 Å². The highest BCUT2D eigenvalue weighted by atomic mass is 32.1. The summed E-state index contributed by atoms with van der Waals surface area (Å²) in [4.78, 5) is 27.1. The number of ether oxygens (including phenoxy) is 1. The number of nitrogens with zero attached hydrogens (tertiary/aromatic N) is 1. The molecule has 1 saturated heterocycles. The first-order chi connectivity index (χ1) is 14.6. The van der Waals surface area contributed by atoms with Crippen molar-refractivity contribution >= 4 is 34.8 Å². The van der Waals surface area contributed by atoms with Crippen molar-refractivity contribution in [2.45, 2.75) is 25.7 Å². The van der Waals surface area contributed by atoms with Crippen LogP contribution in [0.25, 0.3) is 0 Å². The summed E-state index contributed by atoms with van der Waals surface area (Å²) in [5, 5.41) is 2.78. The van der Waals surface area contributed by atoms with E-state index < -0.39 is 5.91 Å². The molecule has 0 aromatic heterocycles. The zero-order chi connectivity index (χ0) is 20.7. The lowest BCUT2D eigenvalue weighted by molar-refractivity contribution is -0.122. The minimum atomic E-state index is -0.395. The van der Waals surface area contributed by atoms with Gasteiger partial charge in [0, 0.05) is 0 Å². The highest BCUT2D eigenvalue weighted by Gasteiger charge is 2.41. The third-order valence-corrected chi connectivity index (χ3v) is 6.63. The molecule has 152 valence electrons.